The number of rotatable bonds is 3. The van der Waals surface area contributed by atoms with Gasteiger partial charge in [-0.15, -0.1) is 0 Å². The number of amides is 1. The SMILES string of the molecule is C/C(=N\C(S)C(C)(C)NC(=O)OC(C)(C)C)N(C)C. The van der Waals surface area contributed by atoms with Crippen molar-refractivity contribution in [3.05, 3.63) is 0 Å². The van der Waals surface area contributed by atoms with Crippen LogP contribution < -0.4 is 5.32 Å². The number of alkyl carbamates (subject to hydrolysis) is 1. The minimum Gasteiger partial charge on any atom is -0.444 e. The minimum absolute atomic E-state index is 0.359. The fourth-order valence-electron chi connectivity index (χ4n) is 1.09. The third kappa shape index (κ3) is 7.30. The molecule has 0 aliphatic heterocycles. The van der Waals surface area contributed by atoms with Gasteiger partial charge < -0.3 is 15.0 Å². The van der Waals surface area contributed by atoms with Crippen LogP contribution in [0.5, 0.6) is 0 Å². The van der Waals surface area contributed by atoms with E-state index < -0.39 is 17.2 Å². The molecule has 0 aromatic carbocycles. The fourth-order valence-corrected chi connectivity index (χ4v) is 1.32. The molecule has 0 rings (SSSR count). The molecule has 0 aromatic rings. The summed E-state index contributed by atoms with van der Waals surface area (Å²) in [6, 6.07) is 0. The maximum absolute atomic E-state index is 11.8. The fraction of sp³-hybridized carbons (Fsp3) is 0.846. The number of carbonyl (C=O) groups excluding carboxylic acids is 1. The molecule has 0 aliphatic rings. The Balaban J connectivity index is 4.71. The highest BCUT2D eigenvalue weighted by Gasteiger charge is 2.30. The summed E-state index contributed by atoms with van der Waals surface area (Å²) in [5, 5.41) is 2.43. The lowest BCUT2D eigenvalue weighted by Crippen LogP contribution is -2.51. The summed E-state index contributed by atoms with van der Waals surface area (Å²) in [4.78, 5) is 18.1. The van der Waals surface area contributed by atoms with E-state index in [-0.39, 0.29) is 5.37 Å². The van der Waals surface area contributed by atoms with Gasteiger partial charge in [-0.3, -0.25) is 4.99 Å². The van der Waals surface area contributed by atoms with E-state index in [1.54, 1.807) is 0 Å². The van der Waals surface area contributed by atoms with Crippen LogP contribution in [0, 0.1) is 0 Å². The molecule has 1 amide bonds. The molecular weight excluding hydrogens is 262 g/mol. The number of hydrogen-bond donors (Lipinski definition) is 2. The molecule has 0 aromatic heterocycles. The van der Waals surface area contributed by atoms with Gasteiger partial charge in [0.25, 0.3) is 0 Å². The Morgan fingerprint density at radius 3 is 2.11 bits per heavy atom. The average Bonchev–Trinajstić information content (AvgIpc) is 2.12. The van der Waals surface area contributed by atoms with E-state index in [2.05, 4.69) is 22.9 Å². The molecule has 0 heterocycles. The van der Waals surface area contributed by atoms with E-state index in [9.17, 15) is 4.79 Å². The van der Waals surface area contributed by atoms with Gasteiger partial charge in [0.05, 0.1) is 11.4 Å². The number of aliphatic imine (C=N–C) groups is 1. The van der Waals surface area contributed by atoms with Gasteiger partial charge in [0, 0.05) is 14.1 Å². The topological polar surface area (TPSA) is 53.9 Å². The number of hydrogen-bond acceptors (Lipinski definition) is 4. The van der Waals surface area contributed by atoms with E-state index in [0.29, 0.717) is 0 Å². The summed E-state index contributed by atoms with van der Waals surface area (Å²) in [6.45, 7) is 11.1. The number of nitrogens with one attached hydrogen (secondary N) is 1. The van der Waals surface area contributed by atoms with Crippen LogP contribution in [-0.4, -0.2) is 47.4 Å². The molecular formula is C13H27N3O2S. The molecule has 1 N–H and O–H groups in total. The van der Waals surface area contributed by atoms with Crippen molar-refractivity contribution in [2.75, 3.05) is 14.1 Å². The number of thiol groups is 1. The van der Waals surface area contributed by atoms with Crippen molar-refractivity contribution in [1.29, 1.82) is 0 Å². The van der Waals surface area contributed by atoms with E-state index in [1.165, 1.54) is 0 Å². The Morgan fingerprint density at radius 1 is 1.26 bits per heavy atom. The number of amidine groups is 1. The van der Waals surface area contributed by atoms with E-state index in [4.69, 9.17) is 4.74 Å². The van der Waals surface area contributed by atoms with Crippen LogP contribution in [0.3, 0.4) is 0 Å². The van der Waals surface area contributed by atoms with Gasteiger partial charge in [0.2, 0.25) is 0 Å². The second kappa shape index (κ2) is 6.50. The Kier molecular flexibility index (Phi) is 6.19. The van der Waals surface area contributed by atoms with Crippen molar-refractivity contribution >= 4 is 24.6 Å². The smallest absolute Gasteiger partial charge is 0.408 e. The first-order chi connectivity index (χ1) is 8.35. The lowest BCUT2D eigenvalue weighted by Gasteiger charge is -2.31. The number of ether oxygens (including phenoxy) is 1. The molecule has 5 nitrogen and oxygen atoms in total. The Hall–Kier alpha value is -0.910. The van der Waals surface area contributed by atoms with Crippen molar-refractivity contribution < 1.29 is 9.53 Å². The van der Waals surface area contributed by atoms with Gasteiger partial charge in [-0.05, 0) is 41.5 Å². The number of carbonyl (C=O) groups is 1. The second-order valence-electron chi connectivity index (χ2n) is 6.29. The molecule has 6 heteroatoms. The van der Waals surface area contributed by atoms with Crippen LogP contribution in [0.4, 0.5) is 4.79 Å². The normalized spacial score (nSPS) is 14.9. The standard InChI is InChI=1S/C13H27N3O2S/c1-9(16(7)8)14-10(19)13(5,6)15-11(17)18-12(2,3)4/h10,19H,1-8H3,(H,15,17)/b14-9+. The van der Waals surface area contributed by atoms with Crippen molar-refractivity contribution in [2.24, 2.45) is 4.99 Å². The minimum atomic E-state index is -0.608. The molecule has 0 bridgehead atoms. The van der Waals surface area contributed by atoms with Gasteiger partial charge >= 0.3 is 6.09 Å². The van der Waals surface area contributed by atoms with E-state index in [1.807, 2.05) is 60.5 Å². The summed E-state index contributed by atoms with van der Waals surface area (Å²) < 4.78 is 5.23. The van der Waals surface area contributed by atoms with Gasteiger partial charge in [0.15, 0.2) is 0 Å². The zero-order valence-electron chi connectivity index (χ0n) is 13.2. The average molecular weight is 289 g/mol. The first-order valence-corrected chi connectivity index (χ1v) is 6.78. The summed E-state index contributed by atoms with van der Waals surface area (Å²) >= 11 is 4.45. The lowest BCUT2D eigenvalue weighted by molar-refractivity contribution is 0.0472. The predicted octanol–water partition coefficient (Wildman–Crippen LogP) is 2.53. The molecule has 0 saturated heterocycles. The summed E-state index contributed by atoms with van der Waals surface area (Å²) in [7, 11) is 3.82. The summed E-state index contributed by atoms with van der Waals surface area (Å²) in [5.41, 5.74) is -1.13. The highest BCUT2D eigenvalue weighted by atomic mass is 32.1. The molecule has 112 valence electrons. The Bertz CT molecular complexity index is 346. The Labute approximate surface area is 122 Å². The molecule has 0 aliphatic carbocycles. The molecule has 1 unspecified atom stereocenters. The van der Waals surface area contributed by atoms with Crippen LogP contribution >= 0.6 is 12.6 Å². The van der Waals surface area contributed by atoms with Crippen molar-refractivity contribution in [2.45, 2.75) is 58.1 Å². The maximum atomic E-state index is 11.8. The van der Waals surface area contributed by atoms with Crippen LogP contribution in [0.15, 0.2) is 4.99 Å². The third-order valence-corrected chi connectivity index (χ3v) is 3.19. The van der Waals surface area contributed by atoms with Gasteiger partial charge in [-0.2, -0.15) is 12.6 Å². The highest BCUT2D eigenvalue weighted by Crippen LogP contribution is 2.18. The monoisotopic (exact) mass is 289 g/mol. The largest absolute Gasteiger partial charge is 0.444 e. The van der Waals surface area contributed by atoms with Gasteiger partial charge in [-0.25, -0.2) is 4.79 Å². The first kappa shape index (κ1) is 18.1. The predicted molar refractivity (Wildman–Crippen MR) is 83.0 cm³/mol. The Morgan fingerprint density at radius 2 is 1.74 bits per heavy atom. The molecule has 0 spiro atoms. The zero-order chi connectivity index (χ0) is 15.4. The first-order valence-electron chi connectivity index (χ1n) is 6.26. The molecule has 0 fully saturated rings. The quantitative estimate of drug-likeness (QED) is 0.477. The summed E-state index contributed by atoms with van der Waals surface area (Å²) in [6.07, 6.45) is -0.464. The zero-order valence-corrected chi connectivity index (χ0v) is 14.1. The molecule has 19 heavy (non-hydrogen) atoms. The molecule has 1 atom stereocenters. The lowest BCUT2D eigenvalue weighted by atomic mass is 10.1. The highest BCUT2D eigenvalue weighted by molar-refractivity contribution is 7.81. The van der Waals surface area contributed by atoms with Crippen molar-refractivity contribution in [3.8, 4) is 0 Å². The van der Waals surface area contributed by atoms with Crippen LogP contribution in [-0.2, 0) is 4.74 Å². The van der Waals surface area contributed by atoms with Crippen LogP contribution in [0.25, 0.3) is 0 Å². The van der Waals surface area contributed by atoms with E-state index in [0.717, 1.165) is 5.84 Å². The third-order valence-electron chi connectivity index (χ3n) is 2.42. The van der Waals surface area contributed by atoms with E-state index >= 15 is 0 Å². The number of nitrogens with zero attached hydrogens (tertiary/aromatic N) is 2. The molecule has 0 radical (unpaired) electrons. The van der Waals surface area contributed by atoms with Crippen molar-refractivity contribution in [3.63, 3.8) is 0 Å². The maximum Gasteiger partial charge on any atom is 0.408 e. The summed E-state index contributed by atoms with van der Waals surface area (Å²) in [5.74, 6) is 0.846. The van der Waals surface area contributed by atoms with Crippen molar-refractivity contribution in [1.82, 2.24) is 10.2 Å². The van der Waals surface area contributed by atoms with Gasteiger partial charge in [-0.1, -0.05) is 0 Å². The molecule has 0 saturated carbocycles. The van der Waals surface area contributed by atoms with Gasteiger partial charge in [0.1, 0.15) is 11.0 Å². The van der Waals surface area contributed by atoms with Crippen LogP contribution in [0.2, 0.25) is 0 Å². The second-order valence-corrected chi connectivity index (χ2v) is 6.78. The van der Waals surface area contributed by atoms with Crippen LogP contribution in [0.1, 0.15) is 41.5 Å².